The van der Waals surface area contributed by atoms with Crippen LogP contribution in [0.25, 0.3) is 0 Å². The van der Waals surface area contributed by atoms with Crippen LogP contribution in [0.1, 0.15) is 4.88 Å². The zero-order chi connectivity index (χ0) is 15.5. The van der Waals surface area contributed by atoms with Crippen LogP contribution >= 0.6 is 11.3 Å². The number of hydrazine groups is 1. The predicted molar refractivity (Wildman–Crippen MR) is 77.0 cm³/mol. The van der Waals surface area contributed by atoms with Gasteiger partial charge in [-0.05, 0) is 6.07 Å². The highest BCUT2D eigenvalue weighted by molar-refractivity contribution is 7.89. The lowest BCUT2D eigenvalue weighted by Gasteiger charge is -2.10. The largest absolute Gasteiger partial charge is 0.323 e. The molecule has 0 unspecified atom stereocenters. The van der Waals surface area contributed by atoms with Crippen molar-refractivity contribution in [1.82, 2.24) is 9.71 Å². The van der Waals surface area contributed by atoms with Gasteiger partial charge in [0.05, 0.1) is 16.1 Å². The molecule has 112 valence electrons. The molecule has 0 aliphatic carbocycles. The Morgan fingerprint density at radius 3 is 2.76 bits per heavy atom. The summed E-state index contributed by atoms with van der Waals surface area (Å²) in [5, 5.41) is 10.8. The van der Waals surface area contributed by atoms with Gasteiger partial charge in [-0.2, -0.15) is 0 Å². The van der Waals surface area contributed by atoms with E-state index in [4.69, 9.17) is 5.84 Å². The summed E-state index contributed by atoms with van der Waals surface area (Å²) in [5.74, 6) is 5.24. The van der Waals surface area contributed by atoms with Crippen molar-refractivity contribution in [2.24, 2.45) is 5.84 Å². The molecule has 0 radical (unpaired) electrons. The Labute approximate surface area is 124 Å². The van der Waals surface area contributed by atoms with Crippen molar-refractivity contribution in [1.29, 1.82) is 0 Å². The predicted octanol–water partition coefficient (Wildman–Crippen LogP) is 0.815. The Morgan fingerprint density at radius 1 is 1.43 bits per heavy atom. The topological polar surface area (TPSA) is 140 Å². The van der Waals surface area contributed by atoms with E-state index in [0.717, 1.165) is 12.1 Å². The van der Waals surface area contributed by atoms with Crippen LogP contribution in [-0.4, -0.2) is 18.3 Å². The number of anilines is 1. The fourth-order valence-electron chi connectivity index (χ4n) is 1.54. The number of nitrogens with two attached hydrogens (primary N) is 1. The van der Waals surface area contributed by atoms with Gasteiger partial charge in [-0.15, -0.1) is 11.3 Å². The van der Waals surface area contributed by atoms with E-state index in [2.05, 4.69) is 15.1 Å². The van der Waals surface area contributed by atoms with Crippen LogP contribution in [0, 0.1) is 10.1 Å². The number of sulfonamides is 1. The third-order valence-corrected chi connectivity index (χ3v) is 4.76. The first kappa shape index (κ1) is 15.3. The van der Waals surface area contributed by atoms with E-state index in [0.29, 0.717) is 4.88 Å². The molecule has 2 rings (SSSR count). The van der Waals surface area contributed by atoms with Gasteiger partial charge < -0.3 is 5.43 Å². The molecule has 1 aromatic carbocycles. The van der Waals surface area contributed by atoms with Crippen molar-refractivity contribution < 1.29 is 13.3 Å². The zero-order valence-electron chi connectivity index (χ0n) is 10.5. The summed E-state index contributed by atoms with van der Waals surface area (Å²) in [5.41, 5.74) is 3.51. The standard InChI is InChI=1S/C10H11N5O4S2/c11-14-9-2-1-7(15(16)17)3-10(9)21(18,19)13-5-8-4-12-6-20-8/h1-4,6,13-14H,5,11H2. The molecule has 0 aliphatic rings. The highest BCUT2D eigenvalue weighted by atomic mass is 32.2. The molecule has 4 N–H and O–H groups in total. The molecule has 0 saturated heterocycles. The number of nitrogen functional groups attached to an aromatic ring is 1. The second-order valence-corrected chi connectivity index (χ2v) is 6.58. The van der Waals surface area contributed by atoms with Gasteiger partial charge in [0.25, 0.3) is 5.69 Å². The van der Waals surface area contributed by atoms with Crippen LogP contribution in [0.5, 0.6) is 0 Å². The van der Waals surface area contributed by atoms with E-state index in [1.807, 2.05) is 0 Å². The molecule has 9 nitrogen and oxygen atoms in total. The summed E-state index contributed by atoms with van der Waals surface area (Å²) in [6.07, 6.45) is 1.53. The fourth-order valence-corrected chi connectivity index (χ4v) is 3.36. The van der Waals surface area contributed by atoms with Crippen LogP contribution in [0.3, 0.4) is 0 Å². The van der Waals surface area contributed by atoms with Gasteiger partial charge >= 0.3 is 0 Å². The van der Waals surface area contributed by atoms with Crippen LogP contribution in [0.15, 0.2) is 34.8 Å². The molecule has 11 heteroatoms. The van der Waals surface area contributed by atoms with Crippen LogP contribution in [0.4, 0.5) is 11.4 Å². The maximum Gasteiger partial charge on any atom is 0.270 e. The van der Waals surface area contributed by atoms with E-state index in [1.54, 1.807) is 5.51 Å². The van der Waals surface area contributed by atoms with Crippen molar-refractivity contribution >= 4 is 32.7 Å². The quantitative estimate of drug-likeness (QED) is 0.404. The Morgan fingerprint density at radius 2 is 2.19 bits per heavy atom. The maximum absolute atomic E-state index is 12.2. The molecule has 1 aromatic heterocycles. The Bertz CT molecular complexity index is 745. The van der Waals surface area contributed by atoms with Crippen LogP contribution in [0.2, 0.25) is 0 Å². The maximum atomic E-state index is 12.2. The van der Waals surface area contributed by atoms with Crippen molar-refractivity contribution in [2.45, 2.75) is 11.4 Å². The normalized spacial score (nSPS) is 11.3. The smallest absolute Gasteiger partial charge is 0.270 e. The van der Waals surface area contributed by atoms with Crippen molar-refractivity contribution in [3.8, 4) is 0 Å². The number of hydrogen-bond donors (Lipinski definition) is 3. The molecule has 0 aliphatic heterocycles. The van der Waals surface area contributed by atoms with E-state index in [9.17, 15) is 18.5 Å². The molecule has 0 saturated carbocycles. The monoisotopic (exact) mass is 329 g/mol. The molecule has 0 bridgehead atoms. The molecule has 21 heavy (non-hydrogen) atoms. The lowest BCUT2D eigenvalue weighted by molar-refractivity contribution is -0.385. The molecule has 1 heterocycles. The summed E-state index contributed by atoms with van der Waals surface area (Å²) in [4.78, 5) is 14.3. The second-order valence-electron chi connectivity index (χ2n) is 3.87. The van der Waals surface area contributed by atoms with E-state index in [-0.39, 0.29) is 22.8 Å². The van der Waals surface area contributed by atoms with Crippen LogP contribution in [-0.2, 0) is 16.6 Å². The summed E-state index contributed by atoms with van der Waals surface area (Å²) in [6.45, 7) is 0.0414. The minimum absolute atomic E-state index is 0.0414. The van der Waals surface area contributed by atoms with Gasteiger partial charge in [0.15, 0.2) is 0 Å². The number of non-ortho nitro benzene ring substituents is 1. The third kappa shape index (κ3) is 3.52. The third-order valence-electron chi connectivity index (χ3n) is 2.54. The lowest BCUT2D eigenvalue weighted by Crippen LogP contribution is -2.24. The van der Waals surface area contributed by atoms with Gasteiger partial charge in [0.1, 0.15) is 4.90 Å². The molecule has 0 amide bonds. The van der Waals surface area contributed by atoms with E-state index in [1.165, 1.54) is 23.6 Å². The zero-order valence-corrected chi connectivity index (χ0v) is 12.1. The first-order chi connectivity index (χ1) is 9.94. The van der Waals surface area contributed by atoms with Gasteiger partial charge in [-0.3, -0.25) is 20.9 Å². The molecule has 0 atom stereocenters. The summed E-state index contributed by atoms with van der Waals surface area (Å²) >= 11 is 1.29. The Hall–Kier alpha value is -2.08. The number of nitrogens with zero attached hydrogens (tertiary/aromatic N) is 2. The Kier molecular flexibility index (Phi) is 4.47. The first-order valence-corrected chi connectivity index (χ1v) is 7.92. The van der Waals surface area contributed by atoms with Gasteiger partial charge in [0.2, 0.25) is 10.0 Å². The fraction of sp³-hybridized carbons (Fsp3) is 0.100. The number of hydrogen-bond acceptors (Lipinski definition) is 8. The number of nitro groups is 1. The van der Waals surface area contributed by atoms with E-state index >= 15 is 0 Å². The number of rotatable bonds is 6. The molecular weight excluding hydrogens is 318 g/mol. The Balaban J connectivity index is 2.33. The van der Waals surface area contributed by atoms with E-state index < -0.39 is 14.9 Å². The summed E-state index contributed by atoms with van der Waals surface area (Å²) in [7, 11) is -3.95. The average Bonchev–Trinajstić information content (AvgIpc) is 2.98. The first-order valence-electron chi connectivity index (χ1n) is 5.56. The highest BCUT2D eigenvalue weighted by Crippen LogP contribution is 2.25. The summed E-state index contributed by atoms with van der Waals surface area (Å²) in [6, 6.07) is 3.35. The van der Waals surface area contributed by atoms with Crippen LogP contribution < -0.4 is 16.0 Å². The minimum atomic E-state index is -3.95. The number of benzene rings is 1. The second kappa shape index (κ2) is 6.13. The highest BCUT2D eigenvalue weighted by Gasteiger charge is 2.22. The number of aromatic nitrogens is 1. The van der Waals surface area contributed by atoms with Gasteiger partial charge in [-0.1, -0.05) is 0 Å². The SMILES string of the molecule is NNc1ccc([N+](=O)[O-])cc1S(=O)(=O)NCc1cncs1. The molecule has 2 aromatic rings. The summed E-state index contributed by atoms with van der Waals surface area (Å²) < 4.78 is 26.8. The molecule has 0 fully saturated rings. The van der Waals surface area contributed by atoms with Gasteiger partial charge in [-0.25, -0.2) is 13.1 Å². The van der Waals surface area contributed by atoms with Gasteiger partial charge in [0, 0.05) is 29.8 Å². The van der Waals surface area contributed by atoms with Crippen molar-refractivity contribution in [3.05, 3.63) is 44.9 Å². The molecule has 0 spiro atoms. The average molecular weight is 329 g/mol. The number of nitro benzene ring substituents is 1. The van der Waals surface area contributed by atoms with Crippen molar-refractivity contribution in [2.75, 3.05) is 5.43 Å². The number of nitrogens with one attached hydrogen (secondary N) is 2. The number of thiazole rings is 1. The lowest BCUT2D eigenvalue weighted by atomic mass is 10.3. The molecular formula is C10H11N5O4S2. The minimum Gasteiger partial charge on any atom is -0.323 e. The van der Waals surface area contributed by atoms with Crippen molar-refractivity contribution in [3.63, 3.8) is 0 Å².